The lowest BCUT2D eigenvalue weighted by molar-refractivity contribution is -0.120. The molecule has 2 nitrogen and oxygen atoms in total. The number of fused-ring (bicyclic) bond motifs is 2. The summed E-state index contributed by atoms with van der Waals surface area (Å²) < 4.78 is 0. The molecule has 1 amide bonds. The molecule has 3 atom stereocenters. The summed E-state index contributed by atoms with van der Waals surface area (Å²) >= 11 is 1.69. The zero-order valence-electron chi connectivity index (χ0n) is 12.8. The quantitative estimate of drug-likeness (QED) is 0.804. The van der Waals surface area contributed by atoms with E-state index in [9.17, 15) is 4.79 Å². The lowest BCUT2D eigenvalue weighted by Crippen LogP contribution is -2.26. The highest BCUT2D eigenvalue weighted by Gasteiger charge is 2.39. The predicted octanol–water partition coefficient (Wildman–Crippen LogP) is 4.99. The fourth-order valence-corrected chi connectivity index (χ4v) is 4.50. The van der Waals surface area contributed by atoms with Crippen LogP contribution >= 0.6 is 11.8 Å². The van der Waals surface area contributed by atoms with E-state index in [2.05, 4.69) is 35.7 Å². The predicted molar refractivity (Wildman–Crippen MR) is 94.5 cm³/mol. The summed E-state index contributed by atoms with van der Waals surface area (Å²) in [5.74, 6) is 1.36. The van der Waals surface area contributed by atoms with E-state index in [4.69, 9.17) is 0 Å². The molecule has 0 spiro atoms. The van der Waals surface area contributed by atoms with Gasteiger partial charge in [-0.3, -0.25) is 4.79 Å². The van der Waals surface area contributed by atoms with Crippen molar-refractivity contribution in [2.24, 2.45) is 17.8 Å². The third kappa shape index (κ3) is 3.06. The molecule has 2 aliphatic rings. The molecule has 0 heterocycles. The number of para-hydroxylation sites is 1. The van der Waals surface area contributed by atoms with Crippen molar-refractivity contribution in [2.45, 2.75) is 22.6 Å². The molecule has 0 aromatic heterocycles. The molecule has 0 unspecified atom stereocenters. The molecule has 2 aromatic carbocycles. The molecule has 116 valence electrons. The maximum absolute atomic E-state index is 12.7. The molecule has 2 bridgehead atoms. The summed E-state index contributed by atoms with van der Waals surface area (Å²) in [6.45, 7) is 0. The Hall–Kier alpha value is -2.00. The van der Waals surface area contributed by atoms with Gasteiger partial charge in [0, 0.05) is 15.7 Å². The average Bonchev–Trinajstić information content (AvgIpc) is 3.21. The SMILES string of the molecule is O=C(Nc1ccccc1Sc1ccccc1)[C@@H]1C[C@H]2C=C[C@H]1C2. The van der Waals surface area contributed by atoms with Crippen molar-refractivity contribution in [1.82, 2.24) is 0 Å². The standard InChI is InChI=1S/C20H19NOS/c22-20(17-13-14-10-11-15(17)12-14)21-18-8-4-5-9-19(18)23-16-6-2-1-3-7-16/h1-11,14-15,17H,12-13H2,(H,21,22)/t14-,15-,17+/m0/s1. The maximum Gasteiger partial charge on any atom is 0.228 e. The smallest absolute Gasteiger partial charge is 0.228 e. The highest BCUT2D eigenvalue weighted by Crippen LogP contribution is 2.44. The Morgan fingerprint density at radius 2 is 1.74 bits per heavy atom. The van der Waals surface area contributed by atoms with Gasteiger partial charge in [0.15, 0.2) is 0 Å². The number of carbonyl (C=O) groups excluding carboxylic acids is 1. The van der Waals surface area contributed by atoms with Crippen LogP contribution in [0.15, 0.2) is 76.5 Å². The van der Waals surface area contributed by atoms with Crippen molar-refractivity contribution in [3.05, 3.63) is 66.7 Å². The van der Waals surface area contributed by atoms with Crippen LogP contribution in [-0.2, 0) is 4.79 Å². The first-order chi connectivity index (χ1) is 11.3. The number of benzene rings is 2. The van der Waals surface area contributed by atoms with E-state index in [1.54, 1.807) is 11.8 Å². The van der Waals surface area contributed by atoms with Crippen molar-refractivity contribution in [3.8, 4) is 0 Å². The van der Waals surface area contributed by atoms with Crippen LogP contribution in [0.25, 0.3) is 0 Å². The minimum Gasteiger partial charge on any atom is -0.325 e. The molecular weight excluding hydrogens is 302 g/mol. The van der Waals surface area contributed by atoms with Gasteiger partial charge in [-0.2, -0.15) is 0 Å². The van der Waals surface area contributed by atoms with E-state index >= 15 is 0 Å². The van der Waals surface area contributed by atoms with Crippen molar-refractivity contribution in [1.29, 1.82) is 0 Å². The van der Waals surface area contributed by atoms with Crippen LogP contribution in [0.2, 0.25) is 0 Å². The lowest BCUT2D eigenvalue weighted by atomic mass is 9.93. The molecular formula is C20H19NOS. The minimum absolute atomic E-state index is 0.139. The molecule has 1 fully saturated rings. The van der Waals surface area contributed by atoms with Crippen molar-refractivity contribution < 1.29 is 4.79 Å². The van der Waals surface area contributed by atoms with E-state index in [-0.39, 0.29) is 11.8 Å². The molecule has 0 saturated heterocycles. The molecule has 1 N–H and O–H groups in total. The average molecular weight is 321 g/mol. The van der Waals surface area contributed by atoms with Crippen LogP contribution in [0.4, 0.5) is 5.69 Å². The number of hydrogen-bond acceptors (Lipinski definition) is 2. The largest absolute Gasteiger partial charge is 0.325 e. The highest BCUT2D eigenvalue weighted by atomic mass is 32.2. The van der Waals surface area contributed by atoms with Crippen molar-refractivity contribution in [2.75, 3.05) is 5.32 Å². The number of anilines is 1. The Bertz CT molecular complexity index is 740. The Morgan fingerprint density at radius 1 is 0.957 bits per heavy atom. The van der Waals surface area contributed by atoms with Gasteiger partial charge in [-0.15, -0.1) is 0 Å². The fraction of sp³-hybridized carbons (Fsp3) is 0.250. The van der Waals surface area contributed by atoms with Crippen LogP contribution in [-0.4, -0.2) is 5.91 Å². The summed E-state index contributed by atoms with van der Waals surface area (Å²) in [6.07, 6.45) is 6.65. The number of allylic oxidation sites excluding steroid dienone is 2. The van der Waals surface area contributed by atoms with Crippen molar-refractivity contribution >= 4 is 23.4 Å². The molecule has 3 heteroatoms. The van der Waals surface area contributed by atoms with Gasteiger partial charge in [0.2, 0.25) is 5.91 Å². The summed E-state index contributed by atoms with van der Waals surface area (Å²) in [4.78, 5) is 14.9. The first-order valence-electron chi connectivity index (χ1n) is 8.11. The molecule has 2 aliphatic carbocycles. The Kier molecular flexibility index (Phi) is 3.96. The van der Waals surface area contributed by atoms with Crippen LogP contribution < -0.4 is 5.32 Å². The Morgan fingerprint density at radius 3 is 2.48 bits per heavy atom. The van der Waals surface area contributed by atoms with Gasteiger partial charge in [-0.25, -0.2) is 0 Å². The zero-order valence-corrected chi connectivity index (χ0v) is 13.6. The van der Waals surface area contributed by atoms with Crippen LogP contribution in [0, 0.1) is 17.8 Å². The number of nitrogens with one attached hydrogen (secondary N) is 1. The van der Waals surface area contributed by atoms with E-state index in [1.807, 2.05) is 36.4 Å². The molecule has 2 aromatic rings. The van der Waals surface area contributed by atoms with E-state index in [1.165, 1.54) is 4.90 Å². The van der Waals surface area contributed by atoms with Gasteiger partial charge in [0.1, 0.15) is 0 Å². The first kappa shape index (κ1) is 14.6. The third-order valence-corrected chi connectivity index (χ3v) is 5.82. The van der Waals surface area contributed by atoms with E-state index in [0.717, 1.165) is 23.4 Å². The summed E-state index contributed by atoms with van der Waals surface area (Å²) in [7, 11) is 0. The van der Waals surface area contributed by atoms with Gasteiger partial charge < -0.3 is 5.32 Å². The van der Waals surface area contributed by atoms with Gasteiger partial charge in [-0.1, -0.05) is 54.2 Å². The molecule has 1 saturated carbocycles. The molecule has 4 rings (SSSR count). The summed E-state index contributed by atoms with van der Waals surface area (Å²) in [5.41, 5.74) is 0.915. The monoisotopic (exact) mass is 321 g/mol. The number of rotatable bonds is 4. The Labute approximate surface area is 141 Å². The van der Waals surface area contributed by atoms with Crippen molar-refractivity contribution in [3.63, 3.8) is 0 Å². The van der Waals surface area contributed by atoms with Crippen LogP contribution in [0.3, 0.4) is 0 Å². The van der Waals surface area contributed by atoms with Gasteiger partial charge in [0.05, 0.1) is 5.69 Å². The highest BCUT2D eigenvalue weighted by molar-refractivity contribution is 7.99. The molecule has 23 heavy (non-hydrogen) atoms. The van der Waals surface area contributed by atoms with E-state index in [0.29, 0.717) is 11.8 Å². The normalized spacial score (nSPS) is 24.8. The second-order valence-corrected chi connectivity index (χ2v) is 7.40. The van der Waals surface area contributed by atoms with Gasteiger partial charge >= 0.3 is 0 Å². The topological polar surface area (TPSA) is 29.1 Å². The van der Waals surface area contributed by atoms with Crippen LogP contribution in [0.5, 0.6) is 0 Å². The van der Waals surface area contributed by atoms with E-state index < -0.39 is 0 Å². The fourth-order valence-electron chi connectivity index (χ4n) is 3.58. The van der Waals surface area contributed by atoms with Gasteiger partial charge in [0.25, 0.3) is 0 Å². The first-order valence-corrected chi connectivity index (χ1v) is 8.92. The second kappa shape index (κ2) is 6.25. The maximum atomic E-state index is 12.7. The van der Waals surface area contributed by atoms with Crippen LogP contribution in [0.1, 0.15) is 12.8 Å². The summed E-state index contributed by atoms with van der Waals surface area (Å²) in [6, 6.07) is 18.3. The number of hydrogen-bond donors (Lipinski definition) is 1. The molecule has 0 aliphatic heterocycles. The minimum atomic E-state index is 0.139. The third-order valence-electron chi connectivity index (χ3n) is 4.73. The zero-order chi connectivity index (χ0) is 15.6. The number of amides is 1. The lowest BCUT2D eigenvalue weighted by Gasteiger charge is -2.18. The second-order valence-electron chi connectivity index (χ2n) is 6.29. The Balaban J connectivity index is 1.51. The van der Waals surface area contributed by atoms with Gasteiger partial charge in [-0.05, 0) is 48.9 Å². The number of carbonyl (C=O) groups is 1. The molecule has 0 radical (unpaired) electrons. The summed E-state index contributed by atoms with van der Waals surface area (Å²) in [5, 5.41) is 3.16.